The second-order valence-electron chi connectivity index (χ2n) is 5.26. The van der Waals surface area contributed by atoms with E-state index in [-0.39, 0.29) is 5.91 Å². The molecule has 1 N–H and O–H groups in total. The van der Waals surface area contributed by atoms with Crippen LogP contribution in [-0.4, -0.2) is 5.91 Å². The fourth-order valence-corrected chi connectivity index (χ4v) is 3.17. The van der Waals surface area contributed by atoms with Gasteiger partial charge in [0.15, 0.2) is 0 Å². The molecule has 2 nitrogen and oxygen atoms in total. The van der Waals surface area contributed by atoms with Gasteiger partial charge in [0, 0.05) is 26.9 Å². The fourth-order valence-electron chi connectivity index (χ4n) is 2.17. The van der Waals surface area contributed by atoms with Crippen molar-refractivity contribution in [2.45, 2.75) is 10.6 Å². The van der Waals surface area contributed by atoms with E-state index in [9.17, 15) is 4.79 Å². The second-order valence-corrected chi connectivity index (χ2v) is 6.74. The number of hydrogen-bond acceptors (Lipinski definition) is 2. The van der Waals surface area contributed by atoms with Gasteiger partial charge in [-0.1, -0.05) is 41.9 Å². The van der Waals surface area contributed by atoms with E-state index in [2.05, 4.69) is 17.4 Å². The van der Waals surface area contributed by atoms with Crippen LogP contribution in [0.25, 0.3) is 0 Å². The van der Waals surface area contributed by atoms with Gasteiger partial charge in [-0.15, -0.1) is 11.8 Å². The lowest BCUT2D eigenvalue weighted by atomic mass is 10.1. The maximum atomic E-state index is 12.2. The van der Waals surface area contributed by atoms with Crippen LogP contribution in [0.3, 0.4) is 0 Å². The Morgan fingerprint density at radius 2 is 1.54 bits per heavy atom. The van der Waals surface area contributed by atoms with Crippen molar-refractivity contribution < 1.29 is 4.79 Å². The first-order chi connectivity index (χ1) is 11.7. The molecule has 3 aromatic carbocycles. The first-order valence-electron chi connectivity index (χ1n) is 7.54. The Labute approximate surface area is 150 Å². The van der Waals surface area contributed by atoms with Crippen LogP contribution in [0.5, 0.6) is 0 Å². The smallest absolute Gasteiger partial charge is 0.255 e. The number of hydrogen-bond donors (Lipinski definition) is 1. The van der Waals surface area contributed by atoms with Crippen molar-refractivity contribution in [3.05, 3.63) is 95.0 Å². The highest BCUT2D eigenvalue weighted by atomic mass is 35.5. The fraction of sp³-hybridized carbons (Fsp3) is 0.0500. The zero-order chi connectivity index (χ0) is 16.8. The van der Waals surface area contributed by atoms with Crippen molar-refractivity contribution in [3.8, 4) is 0 Å². The summed E-state index contributed by atoms with van der Waals surface area (Å²) >= 11 is 7.62. The highest BCUT2D eigenvalue weighted by Crippen LogP contribution is 2.22. The third kappa shape index (κ3) is 4.63. The molecule has 0 saturated carbocycles. The third-order valence-corrected chi connectivity index (χ3v) is 4.80. The molecule has 1 amide bonds. The van der Waals surface area contributed by atoms with Crippen molar-refractivity contribution in [3.63, 3.8) is 0 Å². The summed E-state index contributed by atoms with van der Waals surface area (Å²) in [5, 5.41) is 3.51. The second kappa shape index (κ2) is 8.04. The zero-order valence-electron chi connectivity index (χ0n) is 12.9. The number of thioether (sulfide) groups is 1. The first kappa shape index (κ1) is 16.6. The molecule has 0 radical (unpaired) electrons. The standard InChI is InChI=1S/C20H16ClNOS/c21-17-10-12-18(13-11-17)22-20(23)16-8-6-15(7-9-16)14-24-19-4-2-1-3-5-19/h1-13H,14H2,(H,22,23). The van der Waals surface area contributed by atoms with Gasteiger partial charge in [0.05, 0.1) is 0 Å². The van der Waals surface area contributed by atoms with Crippen molar-refractivity contribution in [1.29, 1.82) is 0 Å². The summed E-state index contributed by atoms with van der Waals surface area (Å²) in [4.78, 5) is 13.5. The Balaban J connectivity index is 1.59. The molecule has 120 valence electrons. The predicted octanol–water partition coefficient (Wildman–Crippen LogP) is 5.88. The average Bonchev–Trinajstić information content (AvgIpc) is 2.63. The predicted molar refractivity (Wildman–Crippen MR) is 102 cm³/mol. The van der Waals surface area contributed by atoms with Gasteiger partial charge in [-0.25, -0.2) is 0 Å². The molecule has 24 heavy (non-hydrogen) atoms. The van der Waals surface area contributed by atoms with E-state index in [0.29, 0.717) is 10.6 Å². The highest BCUT2D eigenvalue weighted by Gasteiger charge is 2.06. The molecule has 0 bridgehead atoms. The van der Waals surface area contributed by atoms with Crippen LogP contribution in [0.1, 0.15) is 15.9 Å². The van der Waals surface area contributed by atoms with Gasteiger partial charge >= 0.3 is 0 Å². The first-order valence-corrected chi connectivity index (χ1v) is 8.91. The van der Waals surface area contributed by atoms with Crippen LogP contribution >= 0.6 is 23.4 Å². The number of carbonyl (C=O) groups is 1. The molecule has 3 rings (SSSR count). The maximum Gasteiger partial charge on any atom is 0.255 e. The molecule has 0 unspecified atom stereocenters. The summed E-state index contributed by atoms with van der Waals surface area (Å²) < 4.78 is 0. The van der Waals surface area contributed by atoms with Gasteiger partial charge in [0.2, 0.25) is 0 Å². The lowest BCUT2D eigenvalue weighted by Gasteiger charge is -2.07. The van der Waals surface area contributed by atoms with E-state index in [1.54, 1.807) is 36.0 Å². The molecule has 4 heteroatoms. The van der Waals surface area contributed by atoms with Gasteiger partial charge in [0.25, 0.3) is 5.91 Å². The van der Waals surface area contributed by atoms with E-state index in [1.807, 2.05) is 42.5 Å². The average molecular weight is 354 g/mol. The van der Waals surface area contributed by atoms with Crippen molar-refractivity contribution >= 4 is 35.0 Å². The summed E-state index contributed by atoms with van der Waals surface area (Å²) in [6, 6.07) is 25.0. The molecule has 0 aliphatic heterocycles. The maximum absolute atomic E-state index is 12.2. The van der Waals surface area contributed by atoms with Gasteiger partial charge in [0.1, 0.15) is 0 Å². The topological polar surface area (TPSA) is 29.1 Å². The van der Waals surface area contributed by atoms with Crippen molar-refractivity contribution in [2.24, 2.45) is 0 Å². The number of halogens is 1. The largest absolute Gasteiger partial charge is 0.322 e. The normalized spacial score (nSPS) is 10.4. The lowest BCUT2D eigenvalue weighted by molar-refractivity contribution is 0.102. The Morgan fingerprint density at radius 1 is 0.875 bits per heavy atom. The number of benzene rings is 3. The van der Waals surface area contributed by atoms with Crippen molar-refractivity contribution in [1.82, 2.24) is 0 Å². The molecule has 0 aliphatic carbocycles. The molecule has 0 spiro atoms. The van der Waals surface area contributed by atoms with E-state index in [1.165, 1.54) is 10.5 Å². The highest BCUT2D eigenvalue weighted by molar-refractivity contribution is 7.98. The Bertz CT molecular complexity index is 801. The Morgan fingerprint density at radius 3 is 2.21 bits per heavy atom. The monoisotopic (exact) mass is 353 g/mol. The minimum Gasteiger partial charge on any atom is -0.322 e. The molecule has 0 atom stereocenters. The molecular weight excluding hydrogens is 338 g/mol. The van der Waals surface area contributed by atoms with Gasteiger partial charge in [-0.2, -0.15) is 0 Å². The molecule has 0 aliphatic rings. The SMILES string of the molecule is O=C(Nc1ccc(Cl)cc1)c1ccc(CSc2ccccc2)cc1. The molecule has 0 aromatic heterocycles. The number of amides is 1. The number of carbonyl (C=O) groups excluding carboxylic acids is 1. The van der Waals surface area contributed by atoms with Gasteiger partial charge in [-0.05, 0) is 54.1 Å². The number of rotatable bonds is 5. The summed E-state index contributed by atoms with van der Waals surface area (Å²) in [5.41, 5.74) is 2.55. The summed E-state index contributed by atoms with van der Waals surface area (Å²) in [5.74, 6) is 0.753. The number of nitrogens with one attached hydrogen (secondary N) is 1. The van der Waals surface area contributed by atoms with Gasteiger partial charge < -0.3 is 5.32 Å². The minimum atomic E-state index is -0.125. The molecule has 0 heterocycles. The molecule has 0 saturated heterocycles. The summed E-state index contributed by atoms with van der Waals surface area (Å²) in [7, 11) is 0. The van der Waals surface area contributed by atoms with E-state index < -0.39 is 0 Å². The molecule has 0 fully saturated rings. The van der Waals surface area contributed by atoms with Crippen molar-refractivity contribution in [2.75, 3.05) is 5.32 Å². The van der Waals surface area contributed by atoms with Crippen LogP contribution in [0.2, 0.25) is 5.02 Å². The zero-order valence-corrected chi connectivity index (χ0v) is 14.5. The Kier molecular flexibility index (Phi) is 5.57. The van der Waals surface area contributed by atoms with Crippen LogP contribution < -0.4 is 5.32 Å². The van der Waals surface area contributed by atoms with E-state index in [4.69, 9.17) is 11.6 Å². The molecule has 3 aromatic rings. The van der Waals surface area contributed by atoms with Crippen LogP contribution in [0.15, 0.2) is 83.8 Å². The Hall–Kier alpha value is -2.23. The minimum absolute atomic E-state index is 0.125. The summed E-state index contributed by atoms with van der Waals surface area (Å²) in [6.45, 7) is 0. The van der Waals surface area contributed by atoms with E-state index in [0.717, 1.165) is 11.4 Å². The van der Waals surface area contributed by atoms with Crippen LogP contribution in [-0.2, 0) is 5.75 Å². The number of anilines is 1. The quantitative estimate of drug-likeness (QED) is 0.580. The van der Waals surface area contributed by atoms with Gasteiger partial charge in [-0.3, -0.25) is 4.79 Å². The lowest BCUT2D eigenvalue weighted by Crippen LogP contribution is -2.11. The third-order valence-electron chi connectivity index (χ3n) is 3.47. The van der Waals surface area contributed by atoms with Crippen LogP contribution in [0.4, 0.5) is 5.69 Å². The van der Waals surface area contributed by atoms with Crippen LogP contribution in [0, 0.1) is 0 Å². The van der Waals surface area contributed by atoms with E-state index >= 15 is 0 Å². The molecular formula is C20H16ClNOS. The summed E-state index contributed by atoms with van der Waals surface area (Å²) in [6.07, 6.45) is 0.